The molecule has 2 aromatic heterocycles. The van der Waals surface area contributed by atoms with Crippen molar-refractivity contribution in [2.75, 3.05) is 7.05 Å². The number of nitrogens with one attached hydrogen (secondary N) is 2. The van der Waals surface area contributed by atoms with Gasteiger partial charge in [-0.15, -0.1) is 22.6 Å². The highest BCUT2D eigenvalue weighted by Crippen LogP contribution is 2.23. The van der Waals surface area contributed by atoms with Crippen LogP contribution in [0.5, 0.6) is 0 Å². The second-order valence-electron chi connectivity index (χ2n) is 5.25. The average molecular weight is 379 g/mol. The summed E-state index contributed by atoms with van der Waals surface area (Å²) >= 11 is 1.47. The van der Waals surface area contributed by atoms with Crippen molar-refractivity contribution in [3.63, 3.8) is 0 Å². The summed E-state index contributed by atoms with van der Waals surface area (Å²) < 4.78 is 1.67. The van der Waals surface area contributed by atoms with Crippen molar-refractivity contribution < 1.29 is 4.79 Å². The standard InChI is InChI=1S/C16H18N6OS.ClH/c1-17-14(12-8-19-22(2)10-12)15(23)18-9-13-20-21-16(24-13)11-6-4-3-5-7-11;/h3-8,10,14,17H,9H2,1-2H3,(H,18,23);1H. The number of likely N-dealkylation sites (N-methyl/N-ethyl adjacent to an activating group) is 1. The van der Waals surface area contributed by atoms with Crippen molar-refractivity contribution in [2.24, 2.45) is 7.05 Å². The first-order chi connectivity index (χ1) is 11.7. The van der Waals surface area contributed by atoms with Crippen LogP contribution in [0.15, 0.2) is 42.7 Å². The number of hydrogen-bond donors (Lipinski definition) is 2. The van der Waals surface area contributed by atoms with Crippen LogP contribution in [0.1, 0.15) is 16.6 Å². The SMILES string of the molecule is CNC(C(=O)NCc1nnc(-c2ccccc2)s1)c1cnn(C)c1.Cl. The second-order valence-corrected chi connectivity index (χ2v) is 6.32. The van der Waals surface area contributed by atoms with E-state index in [2.05, 4.69) is 25.9 Å². The highest BCUT2D eigenvalue weighted by Gasteiger charge is 2.20. The number of hydrogen-bond acceptors (Lipinski definition) is 6. The Morgan fingerprint density at radius 3 is 2.68 bits per heavy atom. The third kappa shape index (κ3) is 4.62. The predicted octanol–water partition coefficient (Wildman–Crippen LogP) is 1.94. The minimum atomic E-state index is -0.444. The molecule has 2 N–H and O–H groups in total. The lowest BCUT2D eigenvalue weighted by molar-refractivity contribution is -0.123. The fourth-order valence-electron chi connectivity index (χ4n) is 2.33. The number of halogens is 1. The van der Waals surface area contributed by atoms with Crippen molar-refractivity contribution in [2.45, 2.75) is 12.6 Å². The molecule has 0 fully saturated rings. The Morgan fingerprint density at radius 1 is 1.28 bits per heavy atom. The monoisotopic (exact) mass is 378 g/mol. The van der Waals surface area contributed by atoms with Gasteiger partial charge in [-0.3, -0.25) is 9.48 Å². The zero-order valence-electron chi connectivity index (χ0n) is 13.8. The van der Waals surface area contributed by atoms with E-state index in [9.17, 15) is 4.79 Å². The molecule has 1 amide bonds. The average Bonchev–Trinajstić information content (AvgIpc) is 3.24. The number of aryl methyl sites for hydroxylation is 1. The smallest absolute Gasteiger partial charge is 0.242 e. The Bertz CT molecular complexity index is 819. The summed E-state index contributed by atoms with van der Waals surface area (Å²) in [6.45, 7) is 0.349. The molecule has 2 heterocycles. The quantitative estimate of drug-likeness (QED) is 0.684. The zero-order chi connectivity index (χ0) is 16.9. The lowest BCUT2D eigenvalue weighted by Gasteiger charge is -2.13. The normalized spacial score (nSPS) is 11.6. The zero-order valence-corrected chi connectivity index (χ0v) is 15.5. The van der Waals surface area contributed by atoms with Crippen LogP contribution in [0.25, 0.3) is 10.6 Å². The Morgan fingerprint density at radius 2 is 2.04 bits per heavy atom. The first kappa shape index (κ1) is 19.0. The lowest BCUT2D eigenvalue weighted by Crippen LogP contribution is -2.35. The summed E-state index contributed by atoms with van der Waals surface area (Å²) in [7, 11) is 3.57. The molecule has 0 spiro atoms. The number of rotatable bonds is 6. The minimum Gasteiger partial charge on any atom is -0.348 e. The lowest BCUT2D eigenvalue weighted by atomic mass is 10.1. The maximum absolute atomic E-state index is 12.4. The van der Waals surface area contributed by atoms with Gasteiger partial charge in [-0.05, 0) is 7.05 Å². The van der Waals surface area contributed by atoms with E-state index in [0.717, 1.165) is 21.1 Å². The molecule has 3 rings (SSSR count). The molecule has 0 aliphatic rings. The molecule has 7 nitrogen and oxygen atoms in total. The first-order valence-electron chi connectivity index (χ1n) is 7.48. The molecular weight excluding hydrogens is 360 g/mol. The molecular formula is C16H19ClN6OS. The summed E-state index contributed by atoms with van der Waals surface area (Å²) in [6.07, 6.45) is 3.50. The van der Waals surface area contributed by atoms with Crippen LogP contribution < -0.4 is 10.6 Å². The van der Waals surface area contributed by atoms with Crippen molar-refractivity contribution in [3.8, 4) is 10.6 Å². The summed E-state index contributed by atoms with van der Waals surface area (Å²) in [4.78, 5) is 12.4. The molecule has 3 aromatic rings. The summed E-state index contributed by atoms with van der Waals surface area (Å²) in [5.41, 5.74) is 1.84. The molecule has 1 atom stereocenters. The van der Waals surface area contributed by atoms with E-state index in [4.69, 9.17) is 0 Å². The molecule has 0 saturated carbocycles. The third-order valence-corrected chi connectivity index (χ3v) is 4.48. The van der Waals surface area contributed by atoms with E-state index in [1.54, 1.807) is 17.9 Å². The highest BCUT2D eigenvalue weighted by molar-refractivity contribution is 7.14. The fraction of sp³-hybridized carbons (Fsp3) is 0.250. The van der Waals surface area contributed by atoms with Gasteiger partial charge in [-0.2, -0.15) is 5.10 Å². The maximum atomic E-state index is 12.4. The Hall–Kier alpha value is -2.29. The molecule has 0 radical (unpaired) electrons. The van der Waals surface area contributed by atoms with E-state index < -0.39 is 6.04 Å². The second kappa shape index (κ2) is 8.70. The topological polar surface area (TPSA) is 84.7 Å². The van der Waals surface area contributed by atoms with Crippen LogP contribution in [0, 0.1) is 0 Å². The van der Waals surface area contributed by atoms with Gasteiger partial charge in [0.05, 0.1) is 12.7 Å². The van der Waals surface area contributed by atoms with Crippen molar-refractivity contribution in [1.29, 1.82) is 0 Å². The van der Waals surface area contributed by atoms with Crippen LogP contribution in [0.4, 0.5) is 0 Å². The van der Waals surface area contributed by atoms with Crippen LogP contribution in [0.3, 0.4) is 0 Å². The number of nitrogens with zero attached hydrogens (tertiary/aromatic N) is 4. The van der Waals surface area contributed by atoms with Crippen LogP contribution in [0.2, 0.25) is 0 Å². The molecule has 9 heteroatoms. The van der Waals surface area contributed by atoms with E-state index in [-0.39, 0.29) is 18.3 Å². The van der Waals surface area contributed by atoms with E-state index >= 15 is 0 Å². The van der Waals surface area contributed by atoms with Gasteiger partial charge in [0.15, 0.2) is 0 Å². The Labute approximate surface area is 155 Å². The third-order valence-electron chi connectivity index (χ3n) is 3.51. The minimum absolute atomic E-state index is 0. The number of aromatic nitrogens is 4. The number of amides is 1. The van der Waals surface area contributed by atoms with Crippen LogP contribution >= 0.6 is 23.7 Å². The summed E-state index contributed by atoms with van der Waals surface area (Å²) in [5, 5.41) is 19.9. The number of carbonyl (C=O) groups excluding carboxylic acids is 1. The van der Waals surface area contributed by atoms with E-state index in [1.165, 1.54) is 11.3 Å². The first-order valence-corrected chi connectivity index (χ1v) is 8.30. The molecule has 132 valence electrons. The molecule has 0 bridgehead atoms. The predicted molar refractivity (Wildman–Crippen MR) is 99.4 cm³/mol. The fourth-order valence-corrected chi connectivity index (χ4v) is 3.11. The van der Waals surface area contributed by atoms with Gasteiger partial charge >= 0.3 is 0 Å². The molecule has 0 aliphatic carbocycles. The summed E-state index contributed by atoms with van der Waals surface area (Å²) in [6, 6.07) is 9.42. The largest absolute Gasteiger partial charge is 0.348 e. The van der Waals surface area contributed by atoms with Crippen molar-refractivity contribution in [3.05, 3.63) is 53.3 Å². The summed E-state index contributed by atoms with van der Waals surface area (Å²) in [5.74, 6) is -0.123. The van der Waals surface area contributed by atoms with Crippen molar-refractivity contribution >= 4 is 29.7 Å². The van der Waals surface area contributed by atoms with Gasteiger partial charge < -0.3 is 10.6 Å². The van der Waals surface area contributed by atoms with Crippen molar-refractivity contribution in [1.82, 2.24) is 30.6 Å². The Kier molecular flexibility index (Phi) is 6.63. The van der Waals surface area contributed by atoms with E-state index in [1.807, 2.05) is 43.6 Å². The molecule has 1 unspecified atom stereocenters. The van der Waals surface area contributed by atoms with Gasteiger partial charge in [0, 0.05) is 24.4 Å². The highest BCUT2D eigenvalue weighted by atomic mass is 35.5. The van der Waals surface area contributed by atoms with Gasteiger partial charge in [0.25, 0.3) is 0 Å². The molecule has 0 aliphatic heterocycles. The van der Waals surface area contributed by atoms with E-state index in [0.29, 0.717) is 6.54 Å². The van der Waals surface area contributed by atoms with Crippen LogP contribution in [-0.4, -0.2) is 32.9 Å². The maximum Gasteiger partial charge on any atom is 0.242 e. The molecule has 1 aromatic carbocycles. The molecule has 25 heavy (non-hydrogen) atoms. The number of carbonyl (C=O) groups is 1. The number of benzene rings is 1. The van der Waals surface area contributed by atoms with Gasteiger partial charge in [0.1, 0.15) is 16.1 Å². The van der Waals surface area contributed by atoms with Gasteiger partial charge in [0.2, 0.25) is 5.91 Å². The Balaban J connectivity index is 0.00000225. The molecule has 0 saturated heterocycles. The van der Waals surface area contributed by atoms with Gasteiger partial charge in [-0.1, -0.05) is 41.7 Å². The van der Waals surface area contributed by atoms with Crippen LogP contribution in [-0.2, 0) is 18.4 Å². The van der Waals surface area contributed by atoms with Gasteiger partial charge in [-0.25, -0.2) is 0 Å².